The quantitative estimate of drug-likeness (QED) is 0.231. The van der Waals surface area contributed by atoms with E-state index in [1.165, 1.54) is 18.2 Å². The summed E-state index contributed by atoms with van der Waals surface area (Å²) in [5, 5.41) is 15.8. The zero-order valence-corrected chi connectivity index (χ0v) is 18.4. The molecule has 0 atom stereocenters. The zero-order chi connectivity index (χ0) is 24.9. The van der Waals surface area contributed by atoms with Gasteiger partial charge < -0.3 is 15.4 Å². The van der Waals surface area contributed by atoms with Gasteiger partial charge in [-0.2, -0.15) is 0 Å². The number of aryl methyl sites for hydroxylation is 1. The number of benzene rings is 2. The van der Waals surface area contributed by atoms with Crippen molar-refractivity contribution >= 4 is 35.3 Å². The van der Waals surface area contributed by atoms with Crippen molar-refractivity contribution in [2.75, 3.05) is 11.9 Å². The number of aromatic nitrogens is 1. The first-order chi connectivity index (χ1) is 16.8. The van der Waals surface area contributed by atoms with E-state index in [9.17, 15) is 24.5 Å². The molecular formula is C24H19N5O6. The molecule has 1 fully saturated rings. The molecule has 0 saturated carbocycles. The summed E-state index contributed by atoms with van der Waals surface area (Å²) in [4.78, 5) is 52.0. The molecule has 3 aromatic rings. The maximum absolute atomic E-state index is 12.6. The highest BCUT2D eigenvalue weighted by Gasteiger charge is 2.34. The van der Waals surface area contributed by atoms with E-state index in [1.54, 1.807) is 36.4 Å². The molecule has 0 unspecified atom stereocenters. The van der Waals surface area contributed by atoms with Crippen LogP contribution in [-0.2, 0) is 9.59 Å². The second-order valence-electron chi connectivity index (χ2n) is 7.58. The van der Waals surface area contributed by atoms with Crippen LogP contribution in [0.2, 0.25) is 0 Å². The minimum Gasteiger partial charge on any atom is -0.439 e. The first-order valence-corrected chi connectivity index (χ1v) is 10.4. The van der Waals surface area contributed by atoms with Gasteiger partial charge in [0.1, 0.15) is 24.2 Å². The van der Waals surface area contributed by atoms with Gasteiger partial charge in [0, 0.05) is 17.8 Å². The smallest absolute Gasteiger partial charge is 0.329 e. The van der Waals surface area contributed by atoms with Gasteiger partial charge in [-0.3, -0.25) is 19.7 Å². The Morgan fingerprint density at radius 3 is 2.46 bits per heavy atom. The second-order valence-corrected chi connectivity index (χ2v) is 7.58. The molecule has 11 nitrogen and oxygen atoms in total. The van der Waals surface area contributed by atoms with E-state index in [0.29, 0.717) is 17.0 Å². The molecule has 2 aromatic carbocycles. The van der Waals surface area contributed by atoms with Crippen molar-refractivity contribution in [2.45, 2.75) is 6.92 Å². The number of nitro groups is 1. The predicted molar refractivity (Wildman–Crippen MR) is 125 cm³/mol. The van der Waals surface area contributed by atoms with Crippen LogP contribution in [0.15, 0.2) is 72.6 Å². The molecule has 1 aromatic heterocycles. The van der Waals surface area contributed by atoms with Crippen LogP contribution in [0.4, 0.5) is 16.2 Å². The zero-order valence-electron chi connectivity index (χ0n) is 18.4. The van der Waals surface area contributed by atoms with Gasteiger partial charge in [-0.05, 0) is 42.8 Å². The molecule has 1 aliphatic rings. The molecule has 1 aliphatic heterocycles. The van der Waals surface area contributed by atoms with Crippen LogP contribution in [-0.4, -0.2) is 39.2 Å². The van der Waals surface area contributed by atoms with E-state index in [1.807, 2.05) is 19.1 Å². The first-order valence-electron chi connectivity index (χ1n) is 10.4. The molecular weight excluding hydrogens is 454 g/mol. The van der Waals surface area contributed by atoms with E-state index in [4.69, 9.17) is 4.74 Å². The number of pyridine rings is 1. The standard InChI is InChI=1S/C24H19N5O6/c1-15-2-6-17(7-3-15)26-21(30)14-28-23(31)20(27-24(28)32)12-16-4-9-19(10-5-16)35-22-11-8-18(13-25-22)29(33)34/h2-13H,14H2,1H3,(H,26,30)(H,27,32). The number of carbonyl (C=O) groups is 3. The third kappa shape index (κ3) is 5.66. The highest BCUT2D eigenvalue weighted by molar-refractivity contribution is 6.15. The van der Waals surface area contributed by atoms with Gasteiger partial charge in [0.25, 0.3) is 11.6 Å². The molecule has 0 radical (unpaired) electrons. The van der Waals surface area contributed by atoms with E-state index in [0.717, 1.165) is 16.7 Å². The van der Waals surface area contributed by atoms with E-state index >= 15 is 0 Å². The highest BCUT2D eigenvalue weighted by atomic mass is 16.6. The first kappa shape index (κ1) is 23.1. The molecule has 0 spiro atoms. The monoisotopic (exact) mass is 473 g/mol. The van der Waals surface area contributed by atoms with Crippen molar-refractivity contribution in [3.63, 3.8) is 0 Å². The van der Waals surface area contributed by atoms with Crippen molar-refractivity contribution in [1.82, 2.24) is 15.2 Å². The average Bonchev–Trinajstić information content (AvgIpc) is 3.09. The summed E-state index contributed by atoms with van der Waals surface area (Å²) in [6.07, 6.45) is 2.57. The van der Waals surface area contributed by atoms with Gasteiger partial charge in [-0.25, -0.2) is 14.7 Å². The minimum absolute atomic E-state index is 0.0313. The van der Waals surface area contributed by atoms with Crippen molar-refractivity contribution in [1.29, 1.82) is 0 Å². The fraction of sp³-hybridized carbons (Fsp3) is 0.0833. The number of nitrogens with zero attached hydrogens (tertiary/aromatic N) is 3. The average molecular weight is 473 g/mol. The van der Waals surface area contributed by atoms with Crippen molar-refractivity contribution in [3.8, 4) is 11.6 Å². The number of rotatable bonds is 7. The summed E-state index contributed by atoms with van der Waals surface area (Å²) in [6, 6.07) is 15.6. The number of ether oxygens (including phenoxy) is 1. The number of carbonyl (C=O) groups excluding carboxylic acids is 3. The number of urea groups is 1. The SMILES string of the molecule is Cc1ccc(NC(=O)CN2C(=O)NC(=Cc3ccc(Oc4ccc([N+](=O)[O-])cn4)cc3)C2=O)cc1. The summed E-state index contributed by atoms with van der Waals surface area (Å²) in [5.74, 6) is -0.520. The maximum Gasteiger partial charge on any atom is 0.329 e. The molecule has 176 valence electrons. The van der Waals surface area contributed by atoms with Crippen LogP contribution in [0, 0.1) is 17.0 Å². The molecule has 0 aliphatic carbocycles. The lowest BCUT2D eigenvalue weighted by Crippen LogP contribution is -2.38. The van der Waals surface area contributed by atoms with E-state index < -0.39 is 29.3 Å². The number of amides is 4. The molecule has 4 amide bonds. The Kier molecular flexibility index (Phi) is 6.49. The van der Waals surface area contributed by atoms with Crippen LogP contribution in [0.5, 0.6) is 11.6 Å². The molecule has 0 bridgehead atoms. The Morgan fingerprint density at radius 1 is 1.11 bits per heavy atom. The number of anilines is 1. The fourth-order valence-corrected chi connectivity index (χ4v) is 3.16. The summed E-state index contributed by atoms with van der Waals surface area (Å²) >= 11 is 0. The van der Waals surface area contributed by atoms with Gasteiger partial charge >= 0.3 is 6.03 Å². The molecule has 35 heavy (non-hydrogen) atoms. The van der Waals surface area contributed by atoms with E-state index in [2.05, 4.69) is 15.6 Å². The number of nitrogens with one attached hydrogen (secondary N) is 2. The van der Waals surface area contributed by atoms with Crippen molar-refractivity contribution in [3.05, 3.63) is 93.8 Å². The fourth-order valence-electron chi connectivity index (χ4n) is 3.16. The molecule has 2 heterocycles. The van der Waals surface area contributed by atoms with Gasteiger partial charge in [-0.15, -0.1) is 0 Å². The van der Waals surface area contributed by atoms with Crippen LogP contribution >= 0.6 is 0 Å². The molecule has 1 saturated heterocycles. The number of imide groups is 1. The lowest BCUT2D eigenvalue weighted by atomic mass is 10.2. The lowest BCUT2D eigenvalue weighted by Gasteiger charge is -2.12. The summed E-state index contributed by atoms with van der Waals surface area (Å²) in [7, 11) is 0. The Labute approximate surface area is 199 Å². The Balaban J connectivity index is 1.38. The van der Waals surface area contributed by atoms with Crippen LogP contribution < -0.4 is 15.4 Å². The van der Waals surface area contributed by atoms with Crippen molar-refractivity contribution < 1.29 is 24.0 Å². The Bertz CT molecular complexity index is 1320. The van der Waals surface area contributed by atoms with Gasteiger partial charge in [0.05, 0.1) is 4.92 Å². The summed E-state index contributed by atoms with van der Waals surface area (Å²) in [5.41, 5.74) is 2.08. The van der Waals surface area contributed by atoms with Gasteiger partial charge in [0.2, 0.25) is 11.8 Å². The molecule has 11 heteroatoms. The highest BCUT2D eigenvalue weighted by Crippen LogP contribution is 2.23. The third-order valence-corrected chi connectivity index (χ3v) is 4.94. The van der Waals surface area contributed by atoms with Gasteiger partial charge in [-0.1, -0.05) is 29.8 Å². The number of hydrogen-bond donors (Lipinski definition) is 2. The topological polar surface area (TPSA) is 144 Å². The Hall–Kier alpha value is -5.06. The van der Waals surface area contributed by atoms with E-state index in [-0.39, 0.29) is 17.3 Å². The third-order valence-electron chi connectivity index (χ3n) is 4.94. The normalized spacial score (nSPS) is 14.1. The minimum atomic E-state index is -0.690. The summed E-state index contributed by atoms with van der Waals surface area (Å²) in [6.45, 7) is 1.49. The maximum atomic E-state index is 12.6. The molecule has 2 N–H and O–H groups in total. The molecule has 4 rings (SSSR count). The van der Waals surface area contributed by atoms with Gasteiger partial charge in [0.15, 0.2) is 0 Å². The number of hydrogen-bond acceptors (Lipinski definition) is 7. The van der Waals surface area contributed by atoms with Crippen molar-refractivity contribution in [2.24, 2.45) is 0 Å². The largest absolute Gasteiger partial charge is 0.439 e. The van der Waals surface area contributed by atoms with Crippen LogP contribution in [0.25, 0.3) is 6.08 Å². The lowest BCUT2D eigenvalue weighted by molar-refractivity contribution is -0.385. The van der Waals surface area contributed by atoms with Crippen LogP contribution in [0.3, 0.4) is 0 Å². The second kappa shape index (κ2) is 9.83. The predicted octanol–water partition coefficient (Wildman–Crippen LogP) is 3.62. The van der Waals surface area contributed by atoms with Crippen LogP contribution in [0.1, 0.15) is 11.1 Å². The Morgan fingerprint density at radius 2 is 1.83 bits per heavy atom. The summed E-state index contributed by atoms with van der Waals surface area (Å²) < 4.78 is 5.55.